The van der Waals surface area contributed by atoms with Gasteiger partial charge in [0.1, 0.15) is 0 Å². The van der Waals surface area contributed by atoms with Crippen molar-refractivity contribution in [2.24, 2.45) is 0 Å². The number of hydrogen-bond acceptors (Lipinski definition) is 4. The molecule has 16 heavy (non-hydrogen) atoms. The summed E-state index contributed by atoms with van der Waals surface area (Å²) < 4.78 is 0. The van der Waals surface area contributed by atoms with Gasteiger partial charge in [-0.1, -0.05) is 0 Å². The van der Waals surface area contributed by atoms with Crippen molar-refractivity contribution in [2.45, 2.75) is 18.4 Å². The van der Waals surface area contributed by atoms with Gasteiger partial charge in [0, 0.05) is 0 Å². The molecule has 0 heterocycles. The van der Waals surface area contributed by atoms with Crippen LogP contribution in [0.5, 0.6) is 0 Å². The molecule has 0 saturated heterocycles. The SMILES string of the molecule is Cl.O=C(O)CC(O)(CC(=O)O)C(=O)O.[Ca+2].[H-].[H-].[H-].[Na+]. The van der Waals surface area contributed by atoms with Crippen molar-refractivity contribution in [2.75, 3.05) is 0 Å². The predicted octanol–water partition coefficient (Wildman–Crippen LogP) is -3.87. The molecule has 0 bridgehead atoms. The van der Waals surface area contributed by atoms with Gasteiger partial charge >= 0.3 is 85.2 Å². The van der Waals surface area contributed by atoms with Gasteiger partial charge in [0.05, 0.1) is 12.8 Å². The van der Waals surface area contributed by atoms with Gasteiger partial charge in [-0.2, -0.15) is 0 Å². The molecule has 0 aromatic heterocycles. The van der Waals surface area contributed by atoms with Gasteiger partial charge in [0.15, 0.2) is 5.60 Å². The zero-order valence-electron chi connectivity index (χ0n) is 11.5. The van der Waals surface area contributed by atoms with Gasteiger partial charge in [-0.05, 0) is 0 Å². The van der Waals surface area contributed by atoms with Gasteiger partial charge in [0.25, 0.3) is 0 Å². The van der Waals surface area contributed by atoms with E-state index >= 15 is 0 Å². The van der Waals surface area contributed by atoms with Crippen molar-refractivity contribution >= 4 is 68.1 Å². The second-order valence-electron chi connectivity index (χ2n) is 2.48. The third kappa shape index (κ3) is 10.1. The summed E-state index contributed by atoms with van der Waals surface area (Å²) in [6, 6.07) is 0. The maximum Gasteiger partial charge on any atom is 2.00 e. The molecule has 0 saturated carbocycles. The Hall–Kier alpha value is 0.920. The Labute approximate surface area is 153 Å². The van der Waals surface area contributed by atoms with E-state index in [1.165, 1.54) is 0 Å². The van der Waals surface area contributed by atoms with Crippen LogP contribution in [0.25, 0.3) is 0 Å². The van der Waals surface area contributed by atoms with Crippen LogP contribution in [-0.2, 0) is 14.4 Å². The Morgan fingerprint density at radius 3 is 1.38 bits per heavy atom. The molecule has 0 rings (SSSR count). The average Bonchev–Trinajstić information content (AvgIpc) is 1.82. The number of rotatable bonds is 5. The summed E-state index contributed by atoms with van der Waals surface area (Å²) in [6.45, 7) is 0. The number of carboxylic acid groups (broad SMARTS) is 3. The molecule has 0 aromatic rings. The van der Waals surface area contributed by atoms with Gasteiger partial charge in [-0.3, -0.25) is 9.59 Å². The monoisotopic (exact) mass is 294 g/mol. The predicted molar refractivity (Wildman–Crippen MR) is 53.4 cm³/mol. The number of aliphatic hydroxyl groups is 1. The molecule has 0 radical (unpaired) electrons. The summed E-state index contributed by atoms with van der Waals surface area (Å²) in [4.78, 5) is 30.5. The minimum Gasteiger partial charge on any atom is -1.00 e. The van der Waals surface area contributed by atoms with E-state index in [1.807, 2.05) is 0 Å². The van der Waals surface area contributed by atoms with Crippen LogP contribution in [0.2, 0.25) is 0 Å². The fraction of sp³-hybridized carbons (Fsp3) is 0.500. The average molecular weight is 295 g/mol. The first-order valence-corrected chi connectivity index (χ1v) is 3.17. The van der Waals surface area contributed by atoms with E-state index < -0.39 is 36.4 Å². The minimum absolute atomic E-state index is 0. The molecule has 0 aliphatic heterocycles. The van der Waals surface area contributed by atoms with Crippen molar-refractivity contribution < 1.29 is 68.6 Å². The van der Waals surface area contributed by atoms with Crippen LogP contribution in [-0.4, -0.2) is 81.7 Å². The molecule has 0 amide bonds. The van der Waals surface area contributed by atoms with Gasteiger partial charge in [0.2, 0.25) is 0 Å². The van der Waals surface area contributed by atoms with E-state index in [0.717, 1.165) is 0 Å². The smallest absolute Gasteiger partial charge is 1.00 e. The van der Waals surface area contributed by atoms with Crippen LogP contribution in [0.15, 0.2) is 0 Å². The molecule has 0 aliphatic carbocycles. The van der Waals surface area contributed by atoms with Gasteiger partial charge < -0.3 is 24.7 Å². The maximum absolute atomic E-state index is 10.3. The van der Waals surface area contributed by atoms with Crippen LogP contribution in [0.3, 0.4) is 0 Å². The van der Waals surface area contributed by atoms with Crippen molar-refractivity contribution in [1.29, 1.82) is 0 Å². The second kappa shape index (κ2) is 11.0. The van der Waals surface area contributed by atoms with Crippen molar-refractivity contribution in [3.05, 3.63) is 0 Å². The van der Waals surface area contributed by atoms with E-state index in [2.05, 4.69) is 0 Å². The third-order valence-corrected chi connectivity index (χ3v) is 1.29. The first-order chi connectivity index (χ1) is 5.78. The molecule has 0 aromatic carbocycles. The van der Waals surface area contributed by atoms with Crippen LogP contribution >= 0.6 is 12.4 Å². The number of hydrogen-bond donors (Lipinski definition) is 4. The normalized spacial score (nSPS) is 8.81. The fourth-order valence-electron chi connectivity index (χ4n) is 0.714. The van der Waals surface area contributed by atoms with E-state index in [0.29, 0.717) is 0 Å². The van der Waals surface area contributed by atoms with E-state index in [9.17, 15) is 14.4 Å². The Balaban J connectivity index is -0.0000000480. The molecule has 88 valence electrons. The zero-order chi connectivity index (χ0) is 10.6. The van der Waals surface area contributed by atoms with Crippen LogP contribution in [0.4, 0.5) is 0 Å². The molecule has 4 N–H and O–H groups in total. The Morgan fingerprint density at radius 2 is 1.25 bits per heavy atom. The summed E-state index contributed by atoms with van der Waals surface area (Å²) in [6.07, 6.45) is -2.29. The zero-order valence-corrected chi connectivity index (χ0v) is 13.6. The summed E-state index contributed by atoms with van der Waals surface area (Å²) in [5, 5.41) is 33.8. The first-order valence-electron chi connectivity index (χ1n) is 3.17. The Morgan fingerprint density at radius 1 is 1.00 bits per heavy atom. The standard InChI is InChI=1S/C6H8O7.Ca.ClH.Na.3H/c7-3(8)1-6(13,5(11)12)2-4(9)10;;;;;;/h13H,1-2H2,(H,7,8)(H,9,10)(H,11,12);;1H;;;;/q;+2;;+1;3*-1. The number of carboxylic acids is 3. The molecule has 0 fully saturated rings. The molecular weight excluding hydrogens is 283 g/mol. The molecular formula is C6H12CaClNaO7. The summed E-state index contributed by atoms with van der Waals surface area (Å²) in [7, 11) is 0. The number of carbonyl (C=O) groups is 3. The number of halogens is 1. The Bertz CT molecular complexity index is 255. The fourth-order valence-corrected chi connectivity index (χ4v) is 0.714. The van der Waals surface area contributed by atoms with Crippen LogP contribution in [0, 0.1) is 0 Å². The molecule has 0 atom stereocenters. The van der Waals surface area contributed by atoms with E-state index in [-0.39, 0.29) is 84.0 Å². The van der Waals surface area contributed by atoms with Crippen molar-refractivity contribution in [1.82, 2.24) is 0 Å². The van der Waals surface area contributed by atoms with Gasteiger partial charge in [-0.15, -0.1) is 12.4 Å². The largest absolute Gasteiger partial charge is 2.00 e. The quantitative estimate of drug-likeness (QED) is 0.381. The second-order valence-corrected chi connectivity index (χ2v) is 2.48. The molecule has 10 heteroatoms. The van der Waals surface area contributed by atoms with E-state index in [1.54, 1.807) is 0 Å². The Kier molecular flexibility index (Phi) is 17.7. The first kappa shape index (κ1) is 25.7. The third-order valence-electron chi connectivity index (χ3n) is 1.29. The summed E-state index contributed by atoms with van der Waals surface area (Å²) in [5.74, 6) is -5.02. The summed E-state index contributed by atoms with van der Waals surface area (Å²) >= 11 is 0. The van der Waals surface area contributed by atoms with Crippen LogP contribution in [0.1, 0.15) is 17.1 Å². The van der Waals surface area contributed by atoms with E-state index in [4.69, 9.17) is 20.4 Å². The molecule has 0 unspecified atom stereocenters. The van der Waals surface area contributed by atoms with Crippen molar-refractivity contribution in [3.63, 3.8) is 0 Å². The van der Waals surface area contributed by atoms with Crippen molar-refractivity contribution in [3.8, 4) is 0 Å². The molecule has 7 nitrogen and oxygen atoms in total. The maximum atomic E-state index is 10.3. The minimum atomic E-state index is -2.74. The summed E-state index contributed by atoms with van der Waals surface area (Å²) in [5.41, 5.74) is -2.74. The van der Waals surface area contributed by atoms with Crippen LogP contribution < -0.4 is 29.6 Å². The van der Waals surface area contributed by atoms with Gasteiger partial charge in [-0.25, -0.2) is 4.79 Å². The molecule has 0 aliphatic rings. The topological polar surface area (TPSA) is 132 Å². The molecule has 0 spiro atoms. The number of aliphatic carboxylic acids is 3.